The van der Waals surface area contributed by atoms with Gasteiger partial charge in [-0.2, -0.15) is 0 Å². The van der Waals surface area contributed by atoms with E-state index in [9.17, 15) is 9.59 Å². The number of thiazole rings is 1. The van der Waals surface area contributed by atoms with Crippen LogP contribution in [0.1, 0.15) is 27.0 Å². The average Bonchev–Trinajstić information content (AvgIpc) is 3.42. The fraction of sp³-hybridized carbons (Fsp3) is 0.190. The second kappa shape index (κ2) is 7.77. The molecule has 5 nitrogen and oxygen atoms in total. The van der Waals surface area contributed by atoms with Gasteiger partial charge < -0.3 is 10.2 Å². The molecule has 0 saturated heterocycles. The minimum atomic E-state index is -0.184. The third kappa shape index (κ3) is 3.54. The van der Waals surface area contributed by atoms with E-state index >= 15 is 0 Å². The second-order valence-electron chi connectivity index (χ2n) is 6.94. The van der Waals surface area contributed by atoms with Gasteiger partial charge in [-0.3, -0.25) is 9.59 Å². The molecule has 0 radical (unpaired) electrons. The van der Waals surface area contributed by atoms with Gasteiger partial charge in [0.05, 0.1) is 26.0 Å². The molecule has 1 aliphatic heterocycles. The van der Waals surface area contributed by atoms with E-state index in [1.165, 1.54) is 28.2 Å². The topological polar surface area (TPSA) is 62.3 Å². The van der Waals surface area contributed by atoms with Gasteiger partial charge in [0, 0.05) is 23.9 Å². The van der Waals surface area contributed by atoms with Gasteiger partial charge in [-0.25, -0.2) is 4.98 Å². The Morgan fingerprint density at radius 2 is 1.97 bits per heavy atom. The first-order valence-corrected chi connectivity index (χ1v) is 12.1. The van der Waals surface area contributed by atoms with Crippen molar-refractivity contribution in [3.05, 3.63) is 56.1 Å². The highest BCUT2D eigenvalue weighted by molar-refractivity contribution is 7.23. The number of aromatic nitrogens is 1. The molecule has 1 N–H and O–H groups in total. The van der Waals surface area contributed by atoms with Crippen molar-refractivity contribution in [1.82, 2.24) is 9.88 Å². The van der Waals surface area contributed by atoms with E-state index < -0.39 is 0 Å². The lowest BCUT2D eigenvalue weighted by molar-refractivity contribution is -0.129. The summed E-state index contributed by atoms with van der Waals surface area (Å²) in [5.41, 5.74) is 3.10. The molecule has 0 saturated carbocycles. The fourth-order valence-electron chi connectivity index (χ4n) is 3.57. The van der Waals surface area contributed by atoms with Gasteiger partial charge in [0.15, 0.2) is 0 Å². The fourth-order valence-corrected chi connectivity index (χ4v) is 6.87. The van der Waals surface area contributed by atoms with Crippen molar-refractivity contribution in [3.63, 3.8) is 0 Å². The van der Waals surface area contributed by atoms with E-state index in [0.717, 1.165) is 37.1 Å². The lowest BCUT2D eigenvalue weighted by Gasteiger charge is -2.25. The van der Waals surface area contributed by atoms with E-state index in [4.69, 9.17) is 16.6 Å². The second-order valence-corrected chi connectivity index (χ2v) is 10.8. The molecule has 9 heteroatoms. The summed E-state index contributed by atoms with van der Waals surface area (Å²) in [6.07, 6.45) is 0.747. The maximum absolute atomic E-state index is 12.8. The number of amides is 2. The summed E-state index contributed by atoms with van der Waals surface area (Å²) in [4.78, 5) is 33.1. The molecule has 0 unspecified atom stereocenters. The molecule has 1 aliphatic rings. The zero-order valence-corrected chi connectivity index (χ0v) is 19.1. The molecule has 0 fully saturated rings. The number of halogens is 1. The van der Waals surface area contributed by atoms with Crippen LogP contribution in [-0.4, -0.2) is 28.2 Å². The minimum Gasteiger partial charge on any atom is -0.337 e. The molecule has 1 aromatic carbocycles. The van der Waals surface area contributed by atoms with Crippen molar-refractivity contribution in [2.75, 3.05) is 11.9 Å². The molecule has 4 heterocycles. The summed E-state index contributed by atoms with van der Waals surface area (Å²) in [5.74, 6) is -0.120. The van der Waals surface area contributed by atoms with Crippen molar-refractivity contribution in [1.29, 1.82) is 0 Å². The quantitative estimate of drug-likeness (QED) is 0.403. The first-order chi connectivity index (χ1) is 14.5. The summed E-state index contributed by atoms with van der Waals surface area (Å²) in [5, 5.41) is 4.75. The van der Waals surface area contributed by atoms with Crippen LogP contribution in [0.2, 0.25) is 4.34 Å². The molecule has 2 amide bonds. The monoisotopic (exact) mass is 473 g/mol. The first kappa shape index (κ1) is 19.7. The predicted molar refractivity (Wildman–Crippen MR) is 125 cm³/mol. The normalized spacial score (nSPS) is 13.5. The molecule has 0 spiro atoms. The summed E-state index contributed by atoms with van der Waals surface area (Å²) in [7, 11) is 0. The Bertz CT molecular complexity index is 1260. The van der Waals surface area contributed by atoms with E-state index in [2.05, 4.69) is 11.4 Å². The van der Waals surface area contributed by atoms with Gasteiger partial charge in [-0.05, 0) is 36.2 Å². The van der Waals surface area contributed by atoms with Crippen molar-refractivity contribution in [3.8, 4) is 10.6 Å². The molecular weight excluding hydrogens is 458 g/mol. The Labute approximate surface area is 189 Å². The SMILES string of the molecule is CC(=O)N1CCc2c(sc(NC(=O)c3ccc(Cl)s3)c2-c2nc3ccccc3s2)C1. The zero-order valence-electron chi connectivity index (χ0n) is 15.9. The molecule has 0 aliphatic carbocycles. The lowest BCUT2D eigenvalue weighted by Crippen LogP contribution is -2.33. The molecule has 0 atom stereocenters. The van der Waals surface area contributed by atoms with E-state index in [0.29, 0.717) is 22.3 Å². The third-order valence-electron chi connectivity index (χ3n) is 5.03. The van der Waals surface area contributed by atoms with Gasteiger partial charge in [0.1, 0.15) is 10.0 Å². The Hall–Kier alpha value is -2.26. The van der Waals surface area contributed by atoms with Gasteiger partial charge in [0.25, 0.3) is 5.91 Å². The molecule has 4 aromatic rings. The van der Waals surface area contributed by atoms with Gasteiger partial charge in [-0.1, -0.05) is 23.7 Å². The van der Waals surface area contributed by atoms with Crippen molar-refractivity contribution >= 4 is 72.6 Å². The van der Waals surface area contributed by atoms with Crippen LogP contribution in [0.3, 0.4) is 0 Å². The van der Waals surface area contributed by atoms with Crippen LogP contribution in [0.4, 0.5) is 5.00 Å². The standard InChI is InChI=1S/C21H16ClN3O2S3/c1-11(26)25-9-8-12-16(10-25)30-21(24-19(27)15-6-7-17(22)28-15)18(12)20-23-13-4-2-3-5-14(13)29-20/h2-7H,8-10H2,1H3,(H,24,27). The maximum atomic E-state index is 12.8. The van der Waals surface area contributed by atoms with E-state index in [1.54, 1.807) is 30.4 Å². The number of hydrogen-bond donors (Lipinski definition) is 1. The average molecular weight is 474 g/mol. The van der Waals surface area contributed by atoms with Crippen LogP contribution in [0, 0.1) is 0 Å². The maximum Gasteiger partial charge on any atom is 0.266 e. The number of carbonyl (C=O) groups excluding carboxylic acids is 2. The van der Waals surface area contributed by atoms with Crippen LogP contribution in [0.25, 0.3) is 20.8 Å². The highest BCUT2D eigenvalue weighted by Crippen LogP contribution is 2.46. The first-order valence-electron chi connectivity index (χ1n) is 9.32. The zero-order chi connectivity index (χ0) is 20.8. The van der Waals surface area contributed by atoms with Crippen LogP contribution in [-0.2, 0) is 17.8 Å². The Morgan fingerprint density at radius 1 is 1.13 bits per heavy atom. The highest BCUT2D eigenvalue weighted by atomic mass is 35.5. The minimum absolute atomic E-state index is 0.0643. The molecule has 30 heavy (non-hydrogen) atoms. The Balaban J connectivity index is 1.60. The number of rotatable bonds is 3. The van der Waals surface area contributed by atoms with Crippen LogP contribution in [0.15, 0.2) is 36.4 Å². The van der Waals surface area contributed by atoms with Gasteiger partial charge in [0.2, 0.25) is 5.91 Å². The summed E-state index contributed by atoms with van der Waals surface area (Å²) in [6.45, 7) is 2.83. The van der Waals surface area contributed by atoms with Crippen LogP contribution >= 0.6 is 45.6 Å². The van der Waals surface area contributed by atoms with Crippen LogP contribution < -0.4 is 5.32 Å². The number of benzene rings is 1. The smallest absolute Gasteiger partial charge is 0.266 e. The molecule has 0 bridgehead atoms. The number of hydrogen-bond acceptors (Lipinski definition) is 6. The number of para-hydroxylation sites is 1. The number of nitrogens with zero attached hydrogens (tertiary/aromatic N) is 2. The molecule has 3 aromatic heterocycles. The van der Waals surface area contributed by atoms with Gasteiger partial charge >= 0.3 is 0 Å². The van der Waals surface area contributed by atoms with Crippen LogP contribution in [0.5, 0.6) is 0 Å². The van der Waals surface area contributed by atoms with Crippen molar-refractivity contribution in [2.24, 2.45) is 0 Å². The highest BCUT2D eigenvalue weighted by Gasteiger charge is 2.28. The molecule has 5 rings (SSSR count). The largest absolute Gasteiger partial charge is 0.337 e. The molecule has 152 valence electrons. The van der Waals surface area contributed by atoms with E-state index in [-0.39, 0.29) is 11.8 Å². The van der Waals surface area contributed by atoms with Crippen molar-refractivity contribution < 1.29 is 9.59 Å². The Kier molecular flexibility index (Phi) is 5.10. The number of fused-ring (bicyclic) bond motifs is 2. The van der Waals surface area contributed by atoms with Crippen molar-refractivity contribution in [2.45, 2.75) is 19.9 Å². The number of thiophene rings is 2. The summed E-state index contributed by atoms with van der Waals surface area (Å²) >= 11 is 10.4. The number of carbonyl (C=O) groups is 2. The Morgan fingerprint density at radius 3 is 2.70 bits per heavy atom. The summed E-state index contributed by atoms with van der Waals surface area (Å²) < 4.78 is 1.69. The summed E-state index contributed by atoms with van der Waals surface area (Å²) in [6, 6.07) is 11.5. The third-order valence-corrected chi connectivity index (χ3v) is 8.45. The predicted octanol–water partition coefficient (Wildman–Crippen LogP) is 5.90. The van der Waals surface area contributed by atoms with E-state index in [1.807, 2.05) is 23.1 Å². The molecular formula is C21H16ClN3O2S3. The lowest BCUT2D eigenvalue weighted by atomic mass is 10.0. The number of nitrogens with one attached hydrogen (secondary N) is 1. The van der Waals surface area contributed by atoms with Gasteiger partial charge in [-0.15, -0.1) is 34.0 Å². The number of anilines is 1.